The molecule has 1 nitrogen and oxygen atoms in total. The van der Waals surface area contributed by atoms with Crippen LogP contribution >= 0.6 is 0 Å². The molecule has 2 bridgehead atoms. The van der Waals surface area contributed by atoms with Gasteiger partial charge in [0, 0.05) is 6.04 Å². The van der Waals surface area contributed by atoms with Crippen molar-refractivity contribution >= 4 is 0 Å². The van der Waals surface area contributed by atoms with Crippen molar-refractivity contribution in [3.63, 3.8) is 0 Å². The first kappa shape index (κ1) is 9.94. The molecule has 0 aromatic heterocycles. The highest BCUT2D eigenvalue weighted by molar-refractivity contribution is 5.06. The lowest BCUT2D eigenvalue weighted by molar-refractivity contribution is 0.277. The third kappa shape index (κ3) is 1.40. The van der Waals surface area contributed by atoms with Gasteiger partial charge in [-0.05, 0) is 74.0 Å². The van der Waals surface area contributed by atoms with Gasteiger partial charge in [0.15, 0.2) is 0 Å². The first-order valence-electron chi connectivity index (χ1n) is 7.58. The van der Waals surface area contributed by atoms with Crippen LogP contribution in [-0.4, -0.2) is 6.04 Å². The second kappa shape index (κ2) is 3.48. The summed E-state index contributed by atoms with van der Waals surface area (Å²) in [5.41, 5.74) is 6.48. The van der Waals surface area contributed by atoms with Crippen LogP contribution in [0.5, 0.6) is 0 Å². The van der Waals surface area contributed by atoms with Crippen molar-refractivity contribution in [2.75, 3.05) is 0 Å². The SMILES string of the molecule is NC(CC1CC2CCC1C2)C1C2CCCC21. The molecule has 1 heteroatoms. The minimum atomic E-state index is 0.569. The van der Waals surface area contributed by atoms with E-state index in [1.165, 1.54) is 44.9 Å². The largest absolute Gasteiger partial charge is 0.327 e. The van der Waals surface area contributed by atoms with Gasteiger partial charge >= 0.3 is 0 Å². The highest BCUT2D eigenvalue weighted by Gasteiger charge is 2.55. The molecule has 0 spiro atoms. The smallest absolute Gasteiger partial charge is 0.00754 e. The minimum Gasteiger partial charge on any atom is -0.327 e. The molecule has 4 fully saturated rings. The summed E-state index contributed by atoms with van der Waals surface area (Å²) in [5, 5.41) is 0. The molecule has 4 rings (SSSR count). The van der Waals surface area contributed by atoms with Crippen LogP contribution < -0.4 is 5.73 Å². The van der Waals surface area contributed by atoms with E-state index in [1.54, 1.807) is 6.42 Å². The summed E-state index contributed by atoms with van der Waals surface area (Å²) in [6.07, 6.45) is 12.0. The Morgan fingerprint density at radius 1 is 1.00 bits per heavy atom. The molecule has 0 heterocycles. The molecule has 0 amide bonds. The maximum Gasteiger partial charge on any atom is 0.00754 e. The first-order chi connectivity index (χ1) is 7.83. The maximum absolute atomic E-state index is 6.48. The third-order valence-electron chi connectivity index (χ3n) is 6.43. The van der Waals surface area contributed by atoms with Crippen LogP contribution in [0.4, 0.5) is 0 Å². The Bertz CT molecular complexity index is 277. The Morgan fingerprint density at radius 2 is 1.81 bits per heavy atom. The predicted molar refractivity (Wildman–Crippen MR) is 65.9 cm³/mol. The van der Waals surface area contributed by atoms with E-state index in [0.29, 0.717) is 6.04 Å². The number of hydrogen-bond donors (Lipinski definition) is 1. The Morgan fingerprint density at radius 3 is 2.44 bits per heavy atom. The summed E-state index contributed by atoms with van der Waals surface area (Å²) in [5.74, 6) is 6.28. The van der Waals surface area contributed by atoms with E-state index in [4.69, 9.17) is 5.73 Å². The summed E-state index contributed by atoms with van der Waals surface area (Å²) in [4.78, 5) is 0. The van der Waals surface area contributed by atoms with E-state index in [9.17, 15) is 0 Å². The Labute approximate surface area is 99.2 Å². The van der Waals surface area contributed by atoms with Crippen LogP contribution in [-0.2, 0) is 0 Å². The van der Waals surface area contributed by atoms with Crippen molar-refractivity contribution in [1.29, 1.82) is 0 Å². The number of fused-ring (bicyclic) bond motifs is 3. The molecule has 0 aromatic carbocycles. The van der Waals surface area contributed by atoms with E-state index >= 15 is 0 Å². The zero-order chi connectivity index (χ0) is 10.7. The molecule has 90 valence electrons. The van der Waals surface area contributed by atoms with Crippen LogP contribution in [0.1, 0.15) is 51.4 Å². The number of hydrogen-bond acceptors (Lipinski definition) is 1. The molecular formula is C15H25N. The highest BCUT2D eigenvalue weighted by atomic mass is 14.8. The zero-order valence-corrected chi connectivity index (χ0v) is 10.3. The first-order valence-corrected chi connectivity index (χ1v) is 7.58. The van der Waals surface area contributed by atoms with E-state index in [-0.39, 0.29) is 0 Å². The lowest BCUT2D eigenvalue weighted by atomic mass is 9.83. The molecule has 0 aromatic rings. The fourth-order valence-corrected chi connectivity index (χ4v) is 5.68. The number of rotatable bonds is 3. The fourth-order valence-electron chi connectivity index (χ4n) is 5.68. The van der Waals surface area contributed by atoms with E-state index < -0.39 is 0 Å². The van der Waals surface area contributed by atoms with Gasteiger partial charge in [-0.3, -0.25) is 0 Å². The quantitative estimate of drug-likeness (QED) is 0.775. The monoisotopic (exact) mass is 219 g/mol. The van der Waals surface area contributed by atoms with E-state index in [1.807, 2.05) is 0 Å². The zero-order valence-electron chi connectivity index (χ0n) is 10.3. The van der Waals surface area contributed by atoms with Crippen LogP contribution in [0.3, 0.4) is 0 Å². The lowest BCUT2D eigenvalue weighted by Gasteiger charge is -2.25. The van der Waals surface area contributed by atoms with Gasteiger partial charge < -0.3 is 5.73 Å². The molecule has 0 saturated heterocycles. The van der Waals surface area contributed by atoms with Crippen molar-refractivity contribution in [2.24, 2.45) is 41.2 Å². The second-order valence-electron chi connectivity index (χ2n) is 7.17. The van der Waals surface area contributed by atoms with Crippen molar-refractivity contribution < 1.29 is 0 Å². The van der Waals surface area contributed by atoms with Crippen molar-refractivity contribution in [2.45, 2.75) is 57.4 Å². The van der Waals surface area contributed by atoms with Gasteiger partial charge in [0.1, 0.15) is 0 Å². The Hall–Kier alpha value is -0.0400. The molecule has 0 radical (unpaired) electrons. The van der Waals surface area contributed by atoms with Crippen molar-refractivity contribution in [3.8, 4) is 0 Å². The number of nitrogens with two attached hydrogens (primary N) is 1. The Kier molecular flexibility index (Phi) is 2.16. The summed E-state index contributed by atoms with van der Waals surface area (Å²) < 4.78 is 0. The van der Waals surface area contributed by atoms with E-state index in [0.717, 1.165) is 35.5 Å². The van der Waals surface area contributed by atoms with E-state index in [2.05, 4.69) is 0 Å². The molecule has 6 atom stereocenters. The topological polar surface area (TPSA) is 26.0 Å². The maximum atomic E-state index is 6.48. The standard InChI is InChI=1S/C15H25N/c16-14(15-12-2-1-3-13(12)15)8-11-7-9-4-5-10(11)6-9/h9-15H,1-8,16H2. The van der Waals surface area contributed by atoms with Gasteiger partial charge in [-0.2, -0.15) is 0 Å². The second-order valence-corrected chi connectivity index (χ2v) is 7.17. The van der Waals surface area contributed by atoms with Crippen LogP contribution in [0.2, 0.25) is 0 Å². The third-order valence-corrected chi connectivity index (χ3v) is 6.43. The summed E-state index contributed by atoms with van der Waals surface area (Å²) in [6, 6.07) is 0.569. The summed E-state index contributed by atoms with van der Waals surface area (Å²) >= 11 is 0. The normalized spacial score (nSPS) is 55.3. The van der Waals surface area contributed by atoms with Crippen LogP contribution in [0, 0.1) is 35.5 Å². The Balaban J connectivity index is 1.34. The average molecular weight is 219 g/mol. The lowest BCUT2D eigenvalue weighted by Crippen LogP contribution is -2.29. The van der Waals surface area contributed by atoms with Gasteiger partial charge in [-0.15, -0.1) is 0 Å². The highest BCUT2D eigenvalue weighted by Crippen LogP contribution is 2.60. The summed E-state index contributed by atoms with van der Waals surface area (Å²) in [7, 11) is 0. The van der Waals surface area contributed by atoms with Gasteiger partial charge in [0.2, 0.25) is 0 Å². The molecular weight excluding hydrogens is 194 g/mol. The van der Waals surface area contributed by atoms with Crippen LogP contribution in [0.15, 0.2) is 0 Å². The molecule has 4 aliphatic rings. The van der Waals surface area contributed by atoms with Crippen LogP contribution in [0.25, 0.3) is 0 Å². The molecule has 2 N–H and O–H groups in total. The molecule has 6 unspecified atom stereocenters. The van der Waals surface area contributed by atoms with Crippen molar-refractivity contribution in [3.05, 3.63) is 0 Å². The molecule has 4 aliphatic carbocycles. The molecule has 16 heavy (non-hydrogen) atoms. The van der Waals surface area contributed by atoms with Crippen molar-refractivity contribution in [1.82, 2.24) is 0 Å². The molecule has 4 saturated carbocycles. The van der Waals surface area contributed by atoms with Gasteiger partial charge in [0.25, 0.3) is 0 Å². The molecule has 0 aliphatic heterocycles. The van der Waals surface area contributed by atoms with Gasteiger partial charge in [-0.1, -0.05) is 12.8 Å². The predicted octanol–water partition coefficient (Wildman–Crippen LogP) is 3.19. The fraction of sp³-hybridized carbons (Fsp3) is 1.00. The minimum absolute atomic E-state index is 0.569. The summed E-state index contributed by atoms with van der Waals surface area (Å²) in [6.45, 7) is 0. The van der Waals surface area contributed by atoms with Gasteiger partial charge in [0.05, 0.1) is 0 Å². The average Bonchev–Trinajstić information content (AvgIpc) is 2.73. The van der Waals surface area contributed by atoms with Gasteiger partial charge in [-0.25, -0.2) is 0 Å².